The summed E-state index contributed by atoms with van der Waals surface area (Å²) in [6.07, 6.45) is 3.78. The van der Waals surface area contributed by atoms with E-state index in [1.54, 1.807) is 0 Å². The van der Waals surface area contributed by atoms with Gasteiger partial charge in [0.05, 0.1) is 0 Å². The normalized spacial score (nSPS) is 21.8. The first kappa shape index (κ1) is 15.8. The molecule has 0 saturated carbocycles. The molecular formula is C11H25B2N3O2. The molecule has 0 aromatic carbocycles. The first-order chi connectivity index (χ1) is 8.65. The van der Waals surface area contributed by atoms with Crippen LogP contribution in [-0.2, 0) is 4.70 Å². The fraction of sp³-hybridized carbons (Fsp3) is 1.00. The Bertz CT molecular complexity index is 244. The van der Waals surface area contributed by atoms with Gasteiger partial charge in [0.2, 0.25) is 0 Å². The number of rotatable bonds is 8. The molecule has 0 amide bonds. The SMILES string of the molecule is CB(O)N1CCN(C)C[C@@H]1CCCCNCB=O. The van der Waals surface area contributed by atoms with Gasteiger partial charge in [0.15, 0.2) is 0 Å². The first-order valence-corrected chi connectivity index (χ1v) is 6.92. The van der Waals surface area contributed by atoms with Crippen molar-refractivity contribution in [3.63, 3.8) is 0 Å². The monoisotopic (exact) mass is 253 g/mol. The van der Waals surface area contributed by atoms with Crippen molar-refractivity contribution in [3.8, 4) is 0 Å². The van der Waals surface area contributed by atoms with Crippen molar-refractivity contribution in [2.45, 2.75) is 32.1 Å². The van der Waals surface area contributed by atoms with Crippen molar-refractivity contribution in [3.05, 3.63) is 0 Å². The Labute approximate surface area is 111 Å². The molecule has 1 atom stereocenters. The molecule has 0 aromatic rings. The van der Waals surface area contributed by atoms with Crippen molar-refractivity contribution >= 4 is 14.2 Å². The molecule has 0 bridgehead atoms. The summed E-state index contributed by atoms with van der Waals surface area (Å²) in [6.45, 7) is 5.76. The van der Waals surface area contributed by atoms with E-state index in [2.05, 4.69) is 22.1 Å². The van der Waals surface area contributed by atoms with Gasteiger partial charge < -0.3 is 0 Å². The van der Waals surface area contributed by atoms with E-state index in [9.17, 15) is 9.73 Å². The van der Waals surface area contributed by atoms with Crippen LogP contribution in [0.5, 0.6) is 0 Å². The van der Waals surface area contributed by atoms with Gasteiger partial charge >= 0.3 is 111 Å². The predicted octanol–water partition coefficient (Wildman–Crippen LogP) is -0.520. The topological polar surface area (TPSA) is 55.8 Å². The van der Waals surface area contributed by atoms with Crippen LogP contribution in [0.1, 0.15) is 19.3 Å². The molecule has 7 heteroatoms. The van der Waals surface area contributed by atoms with E-state index in [1.165, 1.54) is 0 Å². The van der Waals surface area contributed by atoms with Crippen LogP contribution < -0.4 is 5.32 Å². The second kappa shape index (κ2) is 8.80. The number of likely N-dealkylation sites (N-methyl/N-ethyl adjacent to an activating group) is 1. The third-order valence-electron chi connectivity index (χ3n) is 3.58. The van der Waals surface area contributed by atoms with Gasteiger partial charge in [-0.05, 0) is 0 Å². The summed E-state index contributed by atoms with van der Waals surface area (Å²) in [5.74, 6) is 0. The molecule has 2 N–H and O–H groups in total. The molecule has 0 spiro atoms. The van der Waals surface area contributed by atoms with Gasteiger partial charge in [-0.25, -0.2) is 0 Å². The Hall–Kier alpha value is -0.230. The van der Waals surface area contributed by atoms with Gasteiger partial charge in [0, 0.05) is 0 Å². The summed E-state index contributed by atoms with van der Waals surface area (Å²) in [5, 5.41) is 12.8. The van der Waals surface area contributed by atoms with E-state index in [4.69, 9.17) is 0 Å². The van der Waals surface area contributed by atoms with Gasteiger partial charge in [-0.15, -0.1) is 0 Å². The molecule has 0 aliphatic carbocycles. The van der Waals surface area contributed by atoms with Crippen molar-refractivity contribution in [2.24, 2.45) is 0 Å². The molecule has 1 aliphatic rings. The summed E-state index contributed by atoms with van der Waals surface area (Å²) < 4.78 is 10.1. The van der Waals surface area contributed by atoms with Gasteiger partial charge in [-0.3, -0.25) is 0 Å². The number of unbranched alkanes of at least 4 members (excludes halogenated alkanes) is 1. The van der Waals surface area contributed by atoms with Gasteiger partial charge in [0.1, 0.15) is 0 Å². The van der Waals surface area contributed by atoms with Crippen molar-refractivity contribution in [1.29, 1.82) is 0 Å². The van der Waals surface area contributed by atoms with Crippen LogP contribution in [0.25, 0.3) is 0 Å². The van der Waals surface area contributed by atoms with Gasteiger partial charge in [-0.2, -0.15) is 0 Å². The second-order valence-corrected chi connectivity index (χ2v) is 5.15. The molecular weight excluding hydrogens is 228 g/mol. The van der Waals surface area contributed by atoms with E-state index >= 15 is 0 Å². The summed E-state index contributed by atoms with van der Waals surface area (Å²) in [7, 11) is 2.68. The summed E-state index contributed by atoms with van der Waals surface area (Å²) in [4.78, 5) is 4.52. The molecule has 18 heavy (non-hydrogen) atoms. The number of nitrogens with zero attached hydrogens (tertiary/aromatic N) is 2. The van der Waals surface area contributed by atoms with E-state index in [1.807, 2.05) is 6.82 Å². The molecule has 5 nitrogen and oxygen atoms in total. The van der Waals surface area contributed by atoms with Crippen LogP contribution >= 0.6 is 0 Å². The fourth-order valence-corrected chi connectivity index (χ4v) is 2.56. The number of piperazine rings is 1. The maximum atomic E-state index is 10.1. The van der Waals surface area contributed by atoms with E-state index in [0.717, 1.165) is 52.6 Å². The van der Waals surface area contributed by atoms with Crippen molar-refractivity contribution < 1.29 is 9.73 Å². The average Bonchev–Trinajstić information content (AvgIpc) is 2.33. The summed E-state index contributed by atoms with van der Waals surface area (Å²) in [5.41, 5.74) is 0. The zero-order valence-electron chi connectivity index (χ0n) is 11.6. The van der Waals surface area contributed by atoms with Crippen LogP contribution in [0.15, 0.2) is 0 Å². The quantitative estimate of drug-likeness (QED) is 0.450. The zero-order valence-corrected chi connectivity index (χ0v) is 11.6. The molecule has 0 radical (unpaired) electrons. The third kappa shape index (κ3) is 5.61. The van der Waals surface area contributed by atoms with E-state index in [-0.39, 0.29) is 7.05 Å². The Kier molecular flexibility index (Phi) is 7.74. The fourth-order valence-electron chi connectivity index (χ4n) is 2.56. The summed E-state index contributed by atoms with van der Waals surface area (Å²) >= 11 is 0. The van der Waals surface area contributed by atoms with Crippen LogP contribution in [0.3, 0.4) is 0 Å². The van der Waals surface area contributed by atoms with Gasteiger partial charge in [-0.1, -0.05) is 0 Å². The molecule has 0 unspecified atom stereocenters. The molecule has 102 valence electrons. The van der Waals surface area contributed by atoms with Crippen LogP contribution in [0.4, 0.5) is 0 Å². The van der Waals surface area contributed by atoms with Crippen LogP contribution in [0, 0.1) is 0 Å². The van der Waals surface area contributed by atoms with E-state index in [0.29, 0.717) is 12.5 Å². The Morgan fingerprint density at radius 3 is 2.89 bits per heavy atom. The van der Waals surface area contributed by atoms with Gasteiger partial charge in [0.25, 0.3) is 0 Å². The molecule has 1 saturated heterocycles. The van der Waals surface area contributed by atoms with Crippen molar-refractivity contribution in [2.75, 3.05) is 39.7 Å². The Morgan fingerprint density at radius 2 is 2.22 bits per heavy atom. The Morgan fingerprint density at radius 1 is 1.44 bits per heavy atom. The average molecular weight is 253 g/mol. The zero-order chi connectivity index (χ0) is 13.4. The van der Waals surface area contributed by atoms with Crippen LogP contribution in [0.2, 0.25) is 6.82 Å². The van der Waals surface area contributed by atoms with Crippen molar-refractivity contribution in [1.82, 2.24) is 15.0 Å². The summed E-state index contributed by atoms with van der Waals surface area (Å²) in [6, 6.07) is 0.454. The maximum absolute atomic E-state index is 10.1. The molecule has 1 aliphatic heterocycles. The minimum atomic E-state index is -0.350. The van der Waals surface area contributed by atoms with Crippen LogP contribution in [-0.4, -0.2) is 74.6 Å². The molecule has 1 fully saturated rings. The second-order valence-electron chi connectivity index (χ2n) is 5.15. The molecule has 1 rings (SSSR count). The number of nitrogens with one attached hydrogen (secondary N) is 1. The number of hydrogen-bond donors (Lipinski definition) is 2. The van der Waals surface area contributed by atoms with E-state index < -0.39 is 0 Å². The standard InChI is InChI=1S/C11H25B2N3O2/c1-13(18)16-8-7-15(2)9-11(16)5-3-4-6-14-10-12-17/h11,14,18H,3-10H2,1-2H3/t11-/m0/s1. The third-order valence-corrected chi connectivity index (χ3v) is 3.58. The molecule has 0 aromatic heterocycles. The minimum absolute atomic E-state index is 0.350. The number of hydrogen-bond acceptors (Lipinski definition) is 5. The first-order valence-electron chi connectivity index (χ1n) is 6.92. The Balaban J connectivity index is 2.22. The predicted molar refractivity (Wildman–Crippen MR) is 75.0 cm³/mol. The molecule has 1 heterocycles.